The molecule has 100 valence electrons. The fourth-order valence-electron chi connectivity index (χ4n) is 1.66. The van der Waals surface area contributed by atoms with Crippen molar-refractivity contribution in [3.05, 3.63) is 46.2 Å². The van der Waals surface area contributed by atoms with Gasteiger partial charge in [-0.25, -0.2) is 10.8 Å². The van der Waals surface area contributed by atoms with Gasteiger partial charge in [0, 0.05) is 5.02 Å². The van der Waals surface area contributed by atoms with Crippen molar-refractivity contribution in [2.75, 3.05) is 5.43 Å². The van der Waals surface area contributed by atoms with Crippen molar-refractivity contribution in [3.63, 3.8) is 0 Å². The summed E-state index contributed by atoms with van der Waals surface area (Å²) in [7, 11) is 0. The van der Waals surface area contributed by atoms with Crippen LogP contribution in [0, 0.1) is 13.8 Å². The second-order valence-corrected chi connectivity index (χ2v) is 4.55. The van der Waals surface area contributed by atoms with E-state index in [-0.39, 0.29) is 0 Å². The predicted octanol–water partition coefficient (Wildman–Crippen LogP) is 2.61. The summed E-state index contributed by atoms with van der Waals surface area (Å²) in [4.78, 5) is 8.43. The lowest BCUT2D eigenvalue weighted by Gasteiger charge is -2.11. The van der Waals surface area contributed by atoms with Crippen molar-refractivity contribution in [2.45, 2.75) is 20.5 Å². The van der Waals surface area contributed by atoms with Crippen molar-refractivity contribution in [2.24, 2.45) is 5.84 Å². The molecule has 6 heteroatoms. The molecular weight excluding hydrogens is 264 g/mol. The fraction of sp³-hybridized carbons (Fsp3) is 0.231. The van der Waals surface area contributed by atoms with Gasteiger partial charge in [0.2, 0.25) is 5.88 Å². The smallest absolute Gasteiger partial charge is 0.222 e. The van der Waals surface area contributed by atoms with Crippen LogP contribution in [0.2, 0.25) is 5.02 Å². The zero-order valence-corrected chi connectivity index (χ0v) is 11.5. The lowest BCUT2D eigenvalue weighted by atomic mass is 10.2. The Labute approximate surface area is 116 Å². The Morgan fingerprint density at radius 1 is 1.32 bits per heavy atom. The van der Waals surface area contributed by atoms with Crippen molar-refractivity contribution in [3.8, 4) is 5.88 Å². The number of halogens is 1. The highest BCUT2D eigenvalue weighted by Gasteiger charge is 2.09. The van der Waals surface area contributed by atoms with Crippen LogP contribution in [0.4, 0.5) is 5.82 Å². The average molecular weight is 279 g/mol. The number of rotatable bonds is 4. The van der Waals surface area contributed by atoms with Gasteiger partial charge in [0.25, 0.3) is 0 Å². The molecular formula is C13H15ClN4O. The molecule has 0 amide bonds. The van der Waals surface area contributed by atoms with Gasteiger partial charge in [-0.3, -0.25) is 0 Å². The second-order valence-electron chi connectivity index (χ2n) is 4.11. The van der Waals surface area contributed by atoms with Crippen LogP contribution >= 0.6 is 11.6 Å². The summed E-state index contributed by atoms with van der Waals surface area (Å²) in [6.45, 7) is 4.02. The minimum atomic E-state index is 0.391. The number of anilines is 1. The molecule has 0 saturated heterocycles. The van der Waals surface area contributed by atoms with E-state index in [0.29, 0.717) is 29.2 Å². The maximum Gasteiger partial charge on any atom is 0.222 e. The van der Waals surface area contributed by atoms with Crippen LogP contribution in [0.1, 0.15) is 17.0 Å². The lowest BCUT2D eigenvalue weighted by molar-refractivity contribution is 0.290. The molecule has 1 aromatic heterocycles. The molecule has 0 fully saturated rings. The van der Waals surface area contributed by atoms with E-state index in [1.165, 1.54) is 0 Å². The molecule has 0 spiro atoms. The van der Waals surface area contributed by atoms with Gasteiger partial charge in [-0.1, -0.05) is 23.7 Å². The van der Waals surface area contributed by atoms with Crippen LogP contribution in [0.25, 0.3) is 0 Å². The third-order valence-corrected chi connectivity index (χ3v) is 2.85. The Kier molecular flexibility index (Phi) is 4.19. The normalized spacial score (nSPS) is 10.3. The van der Waals surface area contributed by atoms with Crippen molar-refractivity contribution in [1.82, 2.24) is 9.97 Å². The number of nitrogens with two attached hydrogens (primary N) is 1. The molecule has 2 rings (SSSR count). The van der Waals surface area contributed by atoms with Crippen LogP contribution in [0.15, 0.2) is 24.3 Å². The zero-order chi connectivity index (χ0) is 13.8. The summed E-state index contributed by atoms with van der Waals surface area (Å²) in [6.07, 6.45) is 0. The number of benzene rings is 1. The van der Waals surface area contributed by atoms with Crippen LogP contribution in [-0.2, 0) is 6.61 Å². The number of nitrogens with one attached hydrogen (secondary N) is 1. The molecule has 5 nitrogen and oxygen atoms in total. The maximum absolute atomic E-state index is 5.92. The van der Waals surface area contributed by atoms with E-state index in [4.69, 9.17) is 22.2 Å². The van der Waals surface area contributed by atoms with Gasteiger partial charge in [-0.15, -0.1) is 0 Å². The number of nitrogen functional groups attached to an aromatic ring is 1. The highest BCUT2D eigenvalue weighted by Crippen LogP contribution is 2.22. The number of hydrogen-bond acceptors (Lipinski definition) is 5. The molecule has 3 N–H and O–H groups in total. The number of nitrogens with zero attached hydrogens (tertiary/aromatic N) is 2. The SMILES string of the molecule is Cc1nc(NN)c(C)c(OCc2cccc(Cl)c2)n1. The summed E-state index contributed by atoms with van der Waals surface area (Å²) in [5.41, 5.74) is 4.28. The number of hydrazine groups is 1. The van der Waals surface area contributed by atoms with Crippen LogP contribution in [0.5, 0.6) is 5.88 Å². The van der Waals surface area contributed by atoms with Crippen LogP contribution < -0.4 is 16.0 Å². The van der Waals surface area contributed by atoms with E-state index in [0.717, 1.165) is 11.1 Å². The molecule has 19 heavy (non-hydrogen) atoms. The Bertz CT molecular complexity index is 589. The van der Waals surface area contributed by atoms with Gasteiger partial charge < -0.3 is 10.2 Å². The van der Waals surface area contributed by atoms with Gasteiger partial charge >= 0.3 is 0 Å². The molecule has 0 aliphatic carbocycles. The van der Waals surface area contributed by atoms with Gasteiger partial charge in [-0.05, 0) is 31.5 Å². The molecule has 0 radical (unpaired) electrons. The molecule has 0 aliphatic heterocycles. The van der Waals surface area contributed by atoms with E-state index in [1.807, 2.05) is 31.2 Å². The lowest BCUT2D eigenvalue weighted by Crippen LogP contribution is -2.13. The van der Waals surface area contributed by atoms with E-state index in [2.05, 4.69) is 15.4 Å². The van der Waals surface area contributed by atoms with Crippen molar-refractivity contribution < 1.29 is 4.74 Å². The molecule has 1 aromatic carbocycles. The van der Waals surface area contributed by atoms with E-state index in [9.17, 15) is 0 Å². The monoisotopic (exact) mass is 278 g/mol. The van der Waals surface area contributed by atoms with Crippen molar-refractivity contribution in [1.29, 1.82) is 0 Å². The Morgan fingerprint density at radius 2 is 2.11 bits per heavy atom. The Hall–Kier alpha value is -1.85. The largest absolute Gasteiger partial charge is 0.472 e. The highest BCUT2D eigenvalue weighted by molar-refractivity contribution is 6.30. The van der Waals surface area contributed by atoms with E-state index >= 15 is 0 Å². The second kappa shape index (κ2) is 5.86. The number of aromatic nitrogens is 2. The highest BCUT2D eigenvalue weighted by atomic mass is 35.5. The van der Waals surface area contributed by atoms with Crippen molar-refractivity contribution >= 4 is 17.4 Å². The minimum absolute atomic E-state index is 0.391. The minimum Gasteiger partial charge on any atom is -0.472 e. The first-order valence-corrected chi connectivity index (χ1v) is 6.17. The zero-order valence-electron chi connectivity index (χ0n) is 10.8. The first kappa shape index (κ1) is 13.6. The number of aryl methyl sites for hydroxylation is 1. The summed E-state index contributed by atoms with van der Waals surface area (Å²) in [6, 6.07) is 7.50. The van der Waals surface area contributed by atoms with Gasteiger partial charge in [-0.2, -0.15) is 4.98 Å². The molecule has 1 heterocycles. The average Bonchev–Trinajstić information content (AvgIpc) is 2.39. The fourth-order valence-corrected chi connectivity index (χ4v) is 1.88. The Balaban J connectivity index is 2.17. The molecule has 0 saturated carbocycles. The summed E-state index contributed by atoms with van der Waals surface area (Å²) in [5.74, 6) is 7.08. The number of ether oxygens (including phenoxy) is 1. The summed E-state index contributed by atoms with van der Waals surface area (Å²) in [5, 5.41) is 0.681. The Morgan fingerprint density at radius 3 is 2.79 bits per heavy atom. The number of hydrogen-bond donors (Lipinski definition) is 2. The van der Waals surface area contributed by atoms with Gasteiger partial charge in [0.05, 0.1) is 5.56 Å². The molecule has 2 aromatic rings. The van der Waals surface area contributed by atoms with E-state index < -0.39 is 0 Å². The molecule has 0 unspecified atom stereocenters. The first-order valence-electron chi connectivity index (χ1n) is 5.79. The van der Waals surface area contributed by atoms with Crippen LogP contribution in [-0.4, -0.2) is 9.97 Å². The molecule has 0 atom stereocenters. The van der Waals surface area contributed by atoms with E-state index in [1.54, 1.807) is 6.92 Å². The summed E-state index contributed by atoms with van der Waals surface area (Å²) < 4.78 is 5.70. The third-order valence-electron chi connectivity index (χ3n) is 2.61. The molecule has 0 aliphatic rings. The van der Waals surface area contributed by atoms with Gasteiger partial charge in [0.1, 0.15) is 18.2 Å². The van der Waals surface area contributed by atoms with Gasteiger partial charge in [0.15, 0.2) is 0 Å². The summed E-state index contributed by atoms with van der Waals surface area (Å²) >= 11 is 5.92. The predicted molar refractivity (Wildman–Crippen MR) is 75.1 cm³/mol. The quantitative estimate of drug-likeness (QED) is 0.664. The molecule has 0 bridgehead atoms. The topological polar surface area (TPSA) is 73.1 Å². The third kappa shape index (κ3) is 3.33. The first-order chi connectivity index (χ1) is 9.10. The maximum atomic E-state index is 5.92. The standard InChI is InChI=1S/C13H15ClN4O/c1-8-12(18-15)16-9(2)17-13(8)19-7-10-4-3-5-11(14)6-10/h3-6H,7,15H2,1-2H3,(H,16,17,18). The van der Waals surface area contributed by atoms with Crippen LogP contribution in [0.3, 0.4) is 0 Å².